The van der Waals surface area contributed by atoms with Crippen LogP contribution in [0.4, 0.5) is 18.0 Å². The third kappa shape index (κ3) is 2.44. The fraction of sp³-hybridized carbons (Fsp3) is 0.727. The van der Waals surface area contributed by atoms with Crippen molar-refractivity contribution in [3.63, 3.8) is 0 Å². The van der Waals surface area contributed by atoms with Crippen LogP contribution in [0, 0.1) is 5.92 Å². The van der Waals surface area contributed by atoms with Crippen molar-refractivity contribution in [2.24, 2.45) is 5.92 Å². The van der Waals surface area contributed by atoms with Crippen molar-refractivity contribution in [3.8, 4) is 0 Å². The van der Waals surface area contributed by atoms with Gasteiger partial charge >= 0.3 is 18.2 Å². The summed E-state index contributed by atoms with van der Waals surface area (Å²) in [5, 5.41) is 10.9. The predicted octanol–water partition coefficient (Wildman–Crippen LogP) is 1.11. The lowest BCUT2D eigenvalue weighted by molar-refractivity contribution is -0.188. The van der Waals surface area contributed by atoms with Crippen LogP contribution in [0.5, 0.6) is 0 Å². The minimum atomic E-state index is -4.43. The van der Waals surface area contributed by atoms with E-state index in [2.05, 4.69) is 5.32 Å². The van der Waals surface area contributed by atoms with Gasteiger partial charge in [-0.05, 0) is 25.7 Å². The van der Waals surface area contributed by atoms with E-state index in [1.54, 1.807) is 0 Å². The maximum absolute atomic E-state index is 12.8. The Morgan fingerprint density at radius 2 is 2.10 bits per heavy atom. The zero-order chi connectivity index (χ0) is 15.1. The van der Waals surface area contributed by atoms with E-state index < -0.39 is 48.5 Å². The number of carbonyl (C=O) groups is 3. The molecule has 0 aromatic heterocycles. The van der Waals surface area contributed by atoms with Crippen LogP contribution in [-0.2, 0) is 9.59 Å². The number of imide groups is 1. The van der Waals surface area contributed by atoms with E-state index in [9.17, 15) is 27.6 Å². The van der Waals surface area contributed by atoms with Gasteiger partial charge in [0, 0.05) is 0 Å². The molecule has 20 heavy (non-hydrogen) atoms. The van der Waals surface area contributed by atoms with Gasteiger partial charge in [0.25, 0.3) is 5.91 Å². The molecular weight excluding hydrogens is 281 g/mol. The lowest BCUT2D eigenvalue weighted by Gasteiger charge is -2.36. The van der Waals surface area contributed by atoms with E-state index in [1.165, 1.54) is 0 Å². The van der Waals surface area contributed by atoms with Crippen LogP contribution in [0.2, 0.25) is 0 Å². The first-order chi connectivity index (χ1) is 9.16. The molecule has 2 aliphatic rings. The number of carboxylic acids is 1. The van der Waals surface area contributed by atoms with Gasteiger partial charge < -0.3 is 10.4 Å². The zero-order valence-corrected chi connectivity index (χ0v) is 10.4. The summed E-state index contributed by atoms with van der Waals surface area (Å²) in [5.41, 5.74) is -1.61. The van der Waals surface area contributed by atoms with E-state index >= 15 is 0 Å². The van der Waals surface area contributed by atoms with Crippen LogP contribution in [0.3, 0.4) is 0 Å². The highest BCUT2D eigenvalue weighted by Gasteiger charge is 2.57. The standard InChI is InChI=1S/C11H13F3N2O4/c12-11(13,14)6-2-1-3-10(4-6)8(19)16(5-7(17)18)9(20)15-10/h6H,1-5H2,(H,15,20)(H,17,18). The van der Waals surface area contributed by atoms with Crippen LogP contribution in [0.15, 0.2) is 0 Å². The number of nitrogens with zero attached hydrogens (tertiary/aromatic N) is 1. The molecule has 1 saturated carbocycles. The Balaban J connectivity index is 2.21. The molecule has 0 aromatic rings. The molecule has 0 aromatic carbocycles. The highest BCUT2D eigenvalue weighted by atomic mass is 19.4. The molecule has 2 atom stereocenters. The number of halogens is 3. The van der Waals surface area contributed by atoms with E-state index in [0.717, 1.165) is 0 Å². The molecule has 6 nitrogen and oxygen atoms in total. The van der Waals surface area contributed by atoms with E-state index in [-0.39, 0.29) is 19.3 Å². The molecule has 2 unspecified atom stereocenters. The average Bonchev–Trinajstić information content (AvgIpc) is 2.53. The smallest absolute Gasteiger partial charge is 0.391 e. The Hall–Kier alpha value is -1.80. The topological polar surface area (TPSA) is 86.7 Å². The molecule has 3 amide bonds. The largest absolute Gasteiger partial charge is 0.480 e. The van der Waals surface area contributed by atoms with Gasteiger partial charge in [0.2, 0.25) is 0 Å². The Morgan fingerprint density at radius 1 is 1.45 bits per heavy atom. The quantitative estimate of drug-likeness (QED) is 0.747. The number of carbonyl (C=O) groups excluding carboxylic acids is 2. The van der Waals surface area contributed by atoms with E-state index in [1.807, 2.05) is 0 Å². The zero-order valence-electron chi connectivity index (χ0n) is 10.4. The van der Waals surface area contributed by atoms with Crippen molar-refractivity contribution >= 4 is 17.9 Å². The summed E-state index contributed by atoms with van der Waals surface area (Å²) < 4.78 is 38.3. The highest BCUT2D eigenvalue weighted by Crippen LogP contribution is 2.43. The van der Waals surface area contributed by atoms with Crippen molar-refractivity contribution in [2.45, 2.75) is 37.4 Å². The lowest BCUT2D eigenvalue weighted by Crippen LogP contribution is -2.52. The summed E-state index contributed by atoms with van der Waals surface area (Å²) in [4.78, 5) is 34.8. The molecule has 1 aliphatic carbocycles. The van der Waals surface area contributed by atoms with E-state index in [4.69, 9.17) is 5.11 Å². The number of hydrogen-bond acceptors (Lipinski definition) is 3. The molecule has 1 heterocycles. The van der Waals surface area contributed by atoms with Gasteiger partial charge in [-0.2, -0.15) is 13.2 Å². The molecule has 2 N–H and O–H groups in total. The highest BCUT2D eigenvalue weighted by molar-refractivity contribution is 6.08. The van der Waals surface area contributed by atoms with Gasteiger partial charge in [-0.15, -0.1) is 0 Å². The number of alkyl halides is 3. The number of rotatable bonds is 2. The van der Waals surface area contributed by atoms with Crippen molar-refractivity contribution in [2.75, 3.05) is 6.54 Å². The Bertz CT molecular complexity index is 465. The average molecular weight is 294 g/mol. The van der Waals surface area contributed by atoms with Gasteiger partial charge in [0.05, 0.1) is 5.92 Å². The first kappa shape index (κ1) is 14.6. The Morgan fingerprint density at radius 3 is 2.65 bits per heavy atom. The first-order valence-electron chi connectivity index (χ1n) is 6.08. The first-order valence-corrected chi connectivity index (χ1v) is 6.08. The lowest BCUT2D eigenvalue weighted by atomic mass is 9.75. The number of aliphatic carboxylic acids is 1. The maximum Gasteiger partial charge on any atom is 0.391 e. The van der Waals surface area contributed by atoms with Gasteiger partial charge in [0.15, 0.2) is 0 Å². The Kier molecular flexibility index (Phi) is 3.39. The molecule has 2 fully saturated rings. The normalized spacial score (nSPS) is 30.8. The minimum absolute atomic E-state index is 0.0899. The molecule has 1 saturated heterocycles. The van der Waals surface area contributed by atoms with Crippen molar-refractivity contribution in [1.29, 1.82) is 0 Å². The van der Waals surface area contributed by atoms with Crippen molar-refractivity contribution in [3.05, 3.63) is 0 Å². The molecular formula is C11H13F3N2O4. The molecule has 1 aliphatic heterocycles. The summed E-state index contributed by atoms with van der Waals surface area (Å²) >= 11 is 0. The van der Waals surface area contributed by atoms with Crippen molar-refractivity contribution < 1.29 is 32.7 Å². The SMILES string of the molecule is O=C(O)CN1C(=O)NC2(CCCC(C(F)(F)F)C2)C1=O. The molecule has 9 heteroatoms. The summed E-state index contributed by atoms with van der Waals surface area (Å²) in [6.45, 7) is -0.844. The van der Waals surface area contributed by atoms with Crippen LogP contribution in [0.1, 0.15) is 25.7 Å². The van der Waals surface area contributed by atoms with Crippen LogP contribution in [-0.4, -0.2) is 46.2 Å². The molecule has 0 bridgehead atoms. The monoisotopic (exact) mass is 294 g/mol. The third-order valence-corrected chi connectivity index (χ3v) is 3.75. The number of nitrogens with one attached hydrogen (secondary N) is 1. The van der Waals surface area contributed by atoms with Crippen LogP contribution >= 0.6 is 0 Å². The van der Waals surface area contributed by atoms with Gasteiger partial charge in [0.1, 0.15) is 12.1 Å². The number of hydrogen-bond donors (Lipinski definition) is 2. The van der Waals surface area contributed by atoms with Gasteiger partial charge in [-0.25, -0.2) is 4.79 Å². The second kappa shape index (κ2) is 4.64. The number of amides is 3. The predicted molar refractivity (Wildman–Crippen MR) is 58.6 cm³/mol. The van der Waals surface area contributed by atoms with Crippen LogP contribution in [0.25, 0.3) is 0 Å². The summed E-state index contributed by atoms with van der Waals surface area (Å²) in [5.74, 6) is -3.93. The summed E-state index contributed by atoms with van der Waals surface area (Å²) in [6.07, 6.45) is -4.81. The van der Waals surface area contributed by atoms with Crippen LogP contribution < -0.4 is 5.32 Å². The number of carboxylic acid groups (broad SMARTS) is 1. The molecule has 2 rings (SSSR count). The minimum Gasteiger partial charge on any atom is -0.480 e. The Labute approximate surface area is 111 Å². The maximum atomic E-state index is 12.8. The molecule has 1 spiro atoms. The fourth-order valence-corrected chi connectivity index (χ4v) is 2.82. The van der Waals surface area contributed by atoms with Gasteiger partial charge in [-0.3, -0.25) is 14.5 Å². The summed E-state index contributed by atoms with van der Waals surface area (Å²) in [7, 11) is 0. The van der Waals surface area contributed by atoms with Crippen molar-refractivity contribution in [1.82, 2.24) is 10.2 Å². The third-order valence-electron chi connectivity index (χ3n) is 3.75. The van der Waals surface area contributed by atoms with Gasteiger partial charge in [-0.1, -0.05) is 0 Å². The fourth-order valence-electron chi connectivity index (χ4n) is 2.82. The molecule has 112 valence electrons. The second-order valence-corrected chi connectivity index (χ2v) is 5.13. The molecule has 0 radical (unpaired) electrons. The number of urea groups is 1. The van der Waals surface area contributed by atoms with E-state index in [0.29, 0.717) is 4.90 Å². The summed E-state index contributed by atoms with van der Waals surface area (Å²) in [6, 6.07) is -0.944. The second-order valence-electron chi connectivity index (χ2n) is 5.13.